The van der Waals surface area contributed by atoms with Crippen LogP contribution in [0.5, 0.6) is 5.75 Å². The highest BCUT2D eigenvalue weighted by Gasteiger charge is 2.19. The predicted molar refractivity (Wildman–Crippen MR) is 95.1 cm³/mol. The number of benzene rings is 2. The molecule has 0 fully saturated rings. The third-order valence-corrected chi connectivity index (χ3v) is 4.14. The van der Waals surface area contributed by atoms with E-state index in [0.29, 0.717) is 10.9 Å². The lowest BCUT2D eigenvalue weighted by Crippen LogP contribution is -2.22. The van der Waals surface area contributed by atoms with Crippen LogP contribution >= 0.6 is 0 Å². The van der Waals surface area contributed by atoms with Crippen molar-refractivity contribution in [2.75, 3.05) is 0 Å². The number of hydrogen-bond acceptors (Lipinski definition) is 4. The first-order valence-electron chi connectivity index (χ1n) is 8.01. The van der Waals surface area contributed by atoms with Gasteiger partial charge in [-0.15, -0.1) is 0 Å². The van der Waals surface area contributed by atoms with Crippen molar-refractivity contribution < 1.29 is 23.4 Å². The van der Waals surface area contributed by atoms with Gasteiger partial charge in [0.2, 0.25) is 5.82 Å². The van der Waals surface area contributed by atoms with Crippen molar-refractivity contribution in [3.05, 3.63) is 63.8 Å². The molecule has 0 saturated carbocycles. The van der Waals surface area contributed by atoms with Crippen LogP contribution in [0.3, 0.4) is 0 Å². The summed E-state index contributed by atoms with van der Waals surface area (Å²) in [6.07, 6.45) is -1.07. The minimum Gasteiger partial charge on any atom is -0.479 e. The first-order chi connectivity index (χ1) is 12.3. The monoisotopic (exact) mass is 356 g/mol. The van der Waals surface area contributed by atoms with Crippen LogP contribution in [0.1, 0.15) is 18.1 Å². The van der Waals surface area contributed by atoms with Gasteiger partial charge in [0.05, 0.1) is 0 Å². The average Bonchev–Trinajstić information content (AvgIpc) is 2.57. The molecule has 0 spiro atoms. The van der Waals surface area contributed by atoms with Gasteiger partial charge >= 0.3 is 11.6 Å². The summed E-state index contributed by atoms with van der Waals surface area (Å²) < 4.78 is 24.9. The molecule has 1 atom stereocenters. The molecule has 6 heteroatoms. The van der Waals surface area contributed by atoms with Crippen molar-refractivity contribution in [1.82, 2.24) is 0 Å². The van der Waals surface area contributed by atoms with Crippen LogP contribution in [0.4, 0.5) is 4.39 Å². The van der Waals surface area contributed by atoms with Crippen LogP contribution < -0.4 is 10.4 Å². The fourth-order valence-corrected chi connectivity index (χ4v) is 2.84. The van der Waals surface area contributed by atoms with E-state index in [1.54, 1.807) is 12.1 Å². The van der Waals surface area contributed by atoms with Crippen LogP contribution in [0.2, 0.25) is 0 Å². The maximum Gasteiger partial charge on any atom is 0.373 e. The molecule has 3 rings (SSSR count). The van der Waals surface area contributed by atoms with E-state index in [2.05, 4.69) is 0 Å². The second kappa shape index (κ2) is 6.63. The molecule has 0 amide bonds. The molecule has 3 aromatic rings. The van der Waals surface area contributed by atoms with Crippen molar-refractivity contribution >= 4 is 16.9 Å². The molecular weight excluding hydrogens is 339 g/mol. The van der Waals surface area contributed by atoms with Crippen molar-refractivity contribution in [3.63, 3.8) is 0 Å². The summed E-state index contributed by atoms with van der Waals surface area (Å²) >= 11 is 0. The summed E-state index contributed by atoms with van der Waals surface area (Å²) in [6.45, 7) is 5.15. The lowest BCUT2D eigenvalue weighted by molar-refractivity contribution is -0.144. The van der Waals surface area contributed by atoms with Crippen LogP contribution in [0.25, 0.3) is 22.1 Å². The zero-order valence-electron chi connectivity index (χ0n) is 14.5. The Bertz CT molecular complexity index is 1070. The Morgan fingerprint density at radius 2 is 1.92 bits per heavy atom. The minimum absolute atomic E-state index is 0.126. The molecule has 0 aliphatic rings. The Morgan fingerprint density at radius 1 is 1.19 bits per heavy atom. The van der Waals surface area contributed by atoms with E-state index in [4.69, 9.17) is 14.3 Å². The van der Waals surface area contributed by atoms with Crippen LogP contribution in [0.15, 0.2) is 45.6 Å². The highest BCUT2D eigenvalue weighted by molar-refractivity contribution is 5.95. The number of carbonyl (C=O) groups is 1. The molecule has 1 N–H and O–H groups in total. The van der Waals surface area contributed by atoms with E-state index in [9.17, 15) is 14.0 Å². The number of ether oxygens (including phenoxy) is 1. The van der Waals surface area contributed by atoms with Gasteiger partial charge in [0.25, 0.3) is 0 Å². The van der Waals surface area contributed by atoms with Crippen LogP contribution in [0, 0.1) is 19.7 Å². The highest BCUT2D eigenvalue weighted by Crippen LogP contribution is 2.34. The fourth-order valence-electron chi connectivity index (χ4n) is 2.84. The van der Waals surface area contributed by atoms with E-state index >= 15 is 0 Å². The van der Waals surface area contributed by atoms with Gasteiger partial charge in [-0.1, -0.05) is 23.8 Å². The number of aryl methyl sites for hydroxylation is 2. The molecule has 0 aliphatic carbocycles. The number of aliphatic carboxylic acids is 1. The fraction of sp³-hybridized carbons (Fsp3) is 0.200. The molecule has 5 nitrogen and oxygen atoms in total. The molecule has 0 bridgehead atoms. The SMILES string of the molecule is Cc1ccc(-c2c(F)c(=O)oc3cc(O[C@H](C)C(=O)O)ccc23)c(C)c1. The van der Waals surface area contributed by atoms with E-state index < -0.39 is 23.5 Å². The highest BCUT2D eigenvalue weighted by atomic mass is 19.1. The number of hydrogen-bond donors (Lipinski definition) is 1. The van der Waals surface area contributed by atoms with Gasteiger partial charge in [-0.3, -0.25) is 0 Å². The minimum atomic E-state index is -1.12. The van der Waals surface area contributed by atoms with Gasteiger partial charge in [-0.05, 0) is 44.0 Å². The summed E-state index contributed by atoms with van der Waals surface area (Å²) in [5.41, 5.74) is 1.65. The normalized spacial score (nSPS) is 12.2. The molecule has 134 valence electrons. The smallest absolute Gasteiger partial charge is 0.373 e. The Balaban J connectivity index is 2.21. The van der Waals surface area contributed by atoms with Crippen molar-refractivity contribution in [2.45, 2.75) is 26.9 Å². The second-order valence-electron chi connectivity index (χ2n) is 6.15. The first kappa shape index (κ1) is 17.7. The molecule has 1 aromatic heterocycles. The molecule has 0 radical (unpaired) electrons. The van der Waals surface area contributed by atoms with Gasteiger partial charge in [0.15, 0.2) is 6.10 Å². The number of carboxylic acids is 1. The summed E-state index contributed by atoms with van der Waals surface area (Å²) in [7, 11) is 0. The lowest BCUT2D eigenvalue weighted by Gasteiger charge is -2.13. The number of carboxylic acid groups (broad SMARTS) is 1. The summed E-state index contributed by atoms with van der Waals surface area (Å²) in [6, 6.07) is 9.98. The molecule has 0 saturated heterocycles. The summed E-state index contributed by atoms with van der Waals surface area (Å²) in [4.78, 5) is 22.9. The summed E-state index contributed by atoms with van der Waals surface area (Å²) in [5.74, 6) is -1.87. The largest absolute Gasteiger partial charge is 0.479 e. The maximum absolute atomic E-state index is 14.6. The van der Waals surface area contributed by atoms with Crippen molar-refractivity contribution in [3.8, 4) is 16.9 Å². The van der Waals surface area contributed by atoms with Crippen LogP contribution in [-0.2, 0) is 4.79 Å². The summed E-state index contributed by atoms with van der Waals surface area (Å²) in [5, 5.41) is 9.34. The maximum atomic E-state index is 14.6. The van der Waals surface area contributed by atoms with Gasteiger partial charge in [0.1, 0.15) is 11.3 Å². The number of rotatable bonds is 4. The third kappa shape index (κ3) is 3.18. The van der Waals surface area contributed by atoms with Crippen LogP contribution in [-0.4, -0.2) is 17.2 Å². The molecule has 0 aliphatic heterocycles. The standard InChI is InChI=1S/C20H17FO5/c1-10-4-6-14(11(2)8-10)17-15-7-5-13(25-12(3)19(22)23)9-16(15)26-20(24)18(17)21/h4-9,12H,1-3H3,(H,22,23)/t12-/m1/s1. The predicted octanol–water partition coefficient (Wildman–Crippen LogP) is 4.07. The molecule has 2 aromatic carbocycles. The Kier molecular flexibility index (Phi) is 4.50. The zero-order chi connectivity index (χ0) is 19.0. The third-order valence-electron chi connectivity index (χ3n) is 4.14. The zero-order valence-corrected chi connectivity index (χ0v) is 14.5. The molecule has 26 heavy (non-hydrogen) atoms. The van der Waals surface area contributed by atoms with E-state index in [1.165, 1.54) is 19.1 Å². The van der Waals surface area contributed by atoms with Crippen molar-refractivity contribution in [1.29, 1.82) is 0 Å². The number of halogens is 1. The molecule has 1 heterocycles. The Morgan fingerprint density at radius 3 is 2.58 bits per heavy atom. The van der Waals surface area contributed by atoms with Gasteiger partial charge in [-0.2, -0.15) is 4.39 Å². The van der Waals surface area contributed by atoms with Gasteiger partial charge < -0.3 is 14.3 Å². The van der Waals surface area contributed by atoms with Crippen molar-refractivity contribution in [2.24, 2.45) is 0 Å². The molecule has 0 unspecified atom stereocenters. The first-order valence-corrected chi connectivity index (χ1v) is 8.01. The topological polar surface area (TPSA) is 76.7 Å². The Labute approximate surface area is 148 Å². The number of fused-ring (bicyclic) bond motifs is 1. The van der Waals surface area contributed by atoms with Gasteiger partial charge in [0, 0.05) is 17.0 Å². The molecular formula is C20H17FO5. The quantitative estimate of drug-likeness (QED) is 0.713. The van der Waals surface area contributed by atoms with E-state index in [1.807, 2.05) is 26.0 Å². The van der Waals surface area contributed by atoms with Gasteiger partial charge in [-0.25, -0.2) is 9.59 Å². The lowest BCUT2D eigenvalue weighted by atomic mass is 9.96. The van der Waals surface area contributed by atoms with E-state index in [-0.39, 0.29) is 16.9 Å². The van der Waals surface area contributed by atoms with E-state index in [0.717, 1.165) is 11.1 Å². The average molecular weight is 356 g/mol. The second-order valence-corrected chi connectivity index (χ2v) is 6.15. The Hall–Kier alpha value is -3.15.